The van der Waals surface area contributed by atoms with E-state index in [1.54, 1.807) is 19.3 Å². The number of piperidine rings is 1. The van der Waals surface area contributed by atoms with E-state index >= 15 is 0 Å². The lowest BCUT2D eigenvalue weighted by atomic mass is 9.83. The number of ether oxygens (including phenoxy) is 1. The van der Waals surface area contributed by atoms with Crippen molar-refractivity contribution in [2.24, 2.45) is 5.92 Å². The molecule has 0 radical (unpaired) electrons. The maximum absolute atomic E-state index is 12.2. The standard InChI is InChI=1S/C24H22N4O3/c1-30-21-7-3-2-5-17(21)9-10-22-26-19(12-25)24(31-22)27-13-16-11-18(15-27)20-6-4-8-23(29)28(20)14-16/h2-10,16,18H,11,13-15H2,1H3/b10-9+/t16-,18+/m0/s1. The fourth-order valence-corrected chi connectivity index (χ4v) is 4.71. The highest BCUT2D eigenvalue weighted by Crippen LogP contribution is 2.38. The average Bonchev–Trinajstić information content (AvgIpc) is 3.22. The third kappa shape index (κ3) is 3.50. The first kappa shape index (κ1) is 19.2. The molecule has 0 aliphatic carbocycles. The van der Waals surface area contributed by atoms with Crippen molar-refractivity contribution in [3.63, 3.8) is 0 Å². The molecule has 0 amide bonds. The van der Waals surface area contributed by atoms with Crippen molar-refractivity contribution in [2.75, 3.05) is 25.1 Å². The minimum atomic E-state index is 0.0572. The minimum Gasteiger partial charge on any atom is -0.496 e. The number of oxazole rings is 1. The lowest BCUT2D eigenvalue weighted by Gasteiger charge is -2.42. The normalized spacial score (nSPS) is 19.8. The molecular weight excluding hydrogens is 392 g/mol. The molecule has 4 heterocycles. The number of rotatable bonds is 4. The van der Waals surface area contributed by atoms with Gasteiger partial charge in [-0.05, 0) is 30.5 Å². The van der Waals surface area contributed by atoms with Crippen molar-refractivity contribution >= 4 is 18.0 Å². The maximum atomic E-state index is 12.2. The van der Waals surface area contributed by atoms with Crippen LogP contribution in [0.5, 0.6) is 5.75 Å². The zero-order valence-electron chi connectivity index (χ0n) is 17.2. The first-order chi connectivity index (χ1) is 15.2. The third-order valence-corrected chi connectivity index (χ3v) is 6.04. The van der Waals surface area contributed by atoms with Gasteiger partial charge in [0.1, 0.15) is 11.8 Å². The Morgan fingerprint density at radius 1 is 1.16 bits per heavy atom. The topological polar surface area (TPSA) is 84.3 Å². The van der Waals surface area contributed by atoms with Gasteiger partial charge in [-0.3, -0.25) is 4.79 Å². The lowest BCUT2D eigenvalue weighted by molar-refractivity contribution is 0.275. The summed E-state index contributed by atoms with van der Waals surface area (Å²) in [5.41, 5.74) is 2.30. The van der Waals surface area contributed by atoms with Crippen molar-refractivity contribution < 1.29 is 9.15 Å². The molecule has 2 bridgehead atoms. The fraction of sp³-hybridized carbons (Fsp3) is 0.292. The first-order valence-corrected chi connectivity index (χ1v) is 10.3. The Morgan fingerprint density at radius 3 is 2.87 bits per heavy atom. The lowest BCUT2D eigenvalue weighted by Crippen LogP contribution is -2.47. The summed E-state index contributed by atoms with van der Waals surface area (Å²) in [7, 11) is 1.63. The van der Waals surface area contributed by atoms with E-state index in [-0.39, 0.29) is 17.2 Å². The largest absolute Gasteiger partial charge is 0.496 e. The number of nitrogens with zero attached hydrogens (tertiary/aromatic N) is 4. The molecule has 156 valence electrons. The molecule has 1 saturated heterocycles. The summed E-state index contributed by atoms with van der Waals surface area (Å²) >= 11 is 0. The van der Waals surface area contributed by atoms with Crippen LogP contribution < -0.4 is 15.2 Å². The van der Waals surface area contributed by atoms with Gasteiger partial charge in [0.2, 0.25) is 17.5 Å². The molecular formula is C24H22N4O3. The number of pyridine rings is 1. The number of hydrogen-bond acceptors (Lipinski definition) is 6. The van der Waals surface area contributed by atoms with Gasteiger partial charge in [-0.25, -0.2) is 0 Å². The number of fused-ring (bicyclic) bond motifs is 4. The smallest absolute Gasteiger partial charge is 0.250 e. The molecule has 3 aromatic rings. The number of methoxy groups -OCH3 is 1. The predicted molar refractivity (Wildman–Crippen MR) is 117 cm³/mol. The molecule has 7 nitrogen and oxygen atoms in total. The van der Waals surface area contributed by atoms with Gasteiger partial charge in [0.15, 0.2) is 0 Å². The zero-order chi connectivity index (χ0) is 21.4. The third-order valence-electron chi connectivity index (χ3n) is 6.04. The molecule has 0 spiro atoms. The molecule has 7 heteroatoms. The number of aromatic nitrogens is 2. The van der Waals surface area contributed by atoms with Gasteiger partial charge in [-0.1, -0.05) is 24.3 Å². The Hall–Kier alpha value is -3.79. The molecule has 2 atom stereocenters. The summed E-state index contributed by atoms with van der Waals surface area (Å²) < 4.78 is 13.3. The Kier molecular flexibility index (Phi) is 4.83. The van der Waals surface area contributed by atoms with Gasteiger partial charge in [-0.2, -0.15) is 10.2 Å². The van der Waals surface area contributed by atoms with Gasteiger partial charge in [-0.15, -0.1) is 0 Å². The Labute approximate surface area is 179 Å². The molecule has 5 rings (SSSR count). The number of nitriles is 1. The van der Waals surface area contributed by atoms with E-state index in [2.05, 4.69) is 16.0 Å². The van der Waals surface area contributed by atoms with Gasteiger partial charge < -0.3 is 18.6 Å². The quantitative estimate of drug-likeness (QED) is 0.650. The van der Waals surface area contributed by atoms with Gasteiger partial charge in [0.05, 0.1) is 7.11 Å². The Morgan fingerprint density at radius 2 is 2.03 bits per heavy atom. The molecule has 1 aromatic carbocycles. The number of hydrogen-bond donors (Lipinski definition) is 0. The van der Waals surface area contributed by atoms with Gasteiger partial charge >= 0.3 is 0 Å². The van der Waals surface area contributed by atoms with Crippen LogP contribution in [0.3, 0.4) is 0 Å². The van der Waals surface area contributed by atoms with Crippen molar-refractivity contribution in [2.45, 2.75) is 18.9 Å². The maximum Gasteiger partial charge on any atom is 0.250 e. The molecule has 0 saturated carbocycles. The second-order valence-corrected chi connectivity index (χ2v) is 8.00. The summed E-state index contributed by atoms with van der Waals surface area (Å²) in [6.45, 7) is 2.12. The van der Waals surface area contributed by atoms with E-state index in [9.17, 15) is 10.1 Å². The Bertz CT molecular complexity index is 1250. The van der Waals surface area contributed by atoms with Crippen molar-refractivity contribution in [3.8, 4) is 11.8 Å². The SMILES string of the molecule is COc1ccccc1/C=C/c1nc(C#N)c(N2C[C@@H]3C[C@H](C2)c2cccc(=O)n2C3)o1. The van der Waals surface area contributed by atoms with E-state index in [1.165, 1.54) is 0 Å². The summed E-state index contributed by atoms with van der Waals surface area (Å²) in [4.78, 5) is 18.7. The first-order valence-electron chi connectivity index (χ1n) is 10.3. The second kappa shape index (κ2) is 7.80. The van der Waals surface area contributed by atoms with Crippen LogP contribution in [0, 0.1) is 17.2 Å². The molecule has 0 unspecified atom stereocenters. The van der Waals surface area contributed by atoms with Crippen LogP contribution in [0.4, 0.5) is 5.88 Å². The van der Waals surface area contributed by atoms with Crippen LogP contribution in [0.15, 0.2) is 51.7 Å². The van der Waals surface area contributed by atoms with Crippen molar-refractivity contribution in [3.05, 3.63) is 75.7 Å². The van der Waals surface area contributed by atoms with Crippen LogP contribution in [-0.2, 0) is 6.54 Å². The van der Waals surface area contributed by atoms with Crippen molar-refractivity contribution in [1.29, 1.82) is 5.26 Å². The van der Waals surface area contributed by atoms with Crippen LogP contribution in [0.1, 0.15) is 35.2 Å². The molecule has 1 fully saturated rings. The highest BCUT2D eigenvalue weighted by molar-refractivity contribution is 5.70. The minimum absolute atomic E-state index is 0.0572. The van der Waals surface area contributed by atoms with Gasteiger partial charge in [0, 0.05) is 49.0 Å². The van der Waals surface area contributed by atoms with Gasteiger partial charge in [0.25, 0.3) is 5.56 Å². The molecule has 0 N–H and O–H groups in total. The van der Waals surface area contributed by atoms with E-state index in [0.717, 1.165) is 30.0 Å². The predicted octanol–water partition coefficient (Wildman–Crippen LogP) is 3.51. The summed E-state index contributed by atoms with van der Waals surface area (Å²) in [6, 6.07) is 15.3. The molecule has 2 aliphatic rings. The molecule has 31 heavy (non-hydrogen) atoms. The fourth-order valence-electron chi connectivity index (χ4n) is 4.71. The number of anilines is 1. The second-order valence-electron chi connectivity index (χ2n) is 8.00. The molecule has 2 aliphatic heterocycles. The van der Waals surface area contributed by atoms with Crippen LogP contribution in [0.2, 0.25) is 0 Å². The zero-order valence-corrected chi connectivity index (χ0v) is 17.2. The monoisotopic (exact) mass is 414 g/mol. The van der Waals surface area contributed by atoms with Crippen LogP contribution in [-0.4, -0.2) is 29.8 Å². The van der Waals surface area contributed by atoms with E-state index in [4.69, 9.17) is 9.15 Å². The summed E-state index contributed by atoms with van der Waals surface area (Å²) in [6.07, 6.45) is 4.65. The molecule has 2 aromatic heterocycles. The van der Waals surface area contributed by atoms with Crippen LogP contribution in [0.25, 0.3) is 12.2 Å². The van der Waals surface area contributed by atoms with E-state index in [0.29, 0.717) is 30.8 Å². The van der Waals surface area contributed by atoms with E-state index in [1.807, 2.05) is 47.0 Å². The average molecular weight is 414 g/mol. The summed E-state index contributed by atoms with van der Waals surface area (Å²) in [5, 5.41) is 9.64. The van der Waals surface area contributed by atoms with Crippen molar-refractivity contribution in [1.82, 2.24) is 9.55 Å². The van der Waals surface area contributed by atoms with E-state index < -0.39 is 0 Å². The highest BCUT2D eigenvalue weighted by Gasteiger charge is 2.36. The highest BCUT2D eigenvalue weighted by atomic mass is 16.5. The number of para-hydroxylation sites is 1. The summed E-state index contributed by atoms with van der Waals surface area (Å²) in [5.74, 6) is 2.19. The number of benzene rings is 1. The Balaban J connectivity index is 1.43. The van der Waals surface area contributed by atoms with Crippen LogP contribution >= 0.6 is 0 Å².